The normalized spacial score (nSPS) is 13.2. The van der Waals surface area contributed by atoms with E-state index in [1.165, 1.54) is 11.1 Å². The molecule has 2 aromatic rings. The number of amides is 1. The second kappa shape index (κ2) is 11.0. The topological polar surface area (TPSA) is 57.2 Å². The zero-order chi connectivity index (χ0) is 19.9. The molecule has 2 aromatic carbocycles. The number of rotatable bonds is 5. The van der Waals surface area contributed by atoms with Crippen molar-refractivity contribution in [1.82, 2.24) is 15.1 Å². The van der Waals surface area contributed by atoms with Crippen LogP contribution in [0.25, 0.3) is 0 Å². The molecule has 1 aliphatic heterocycles. The van der Waals surface area contributed by atoms with Crippen LogP contribution in [-0.4, -0.2) is 56.0 Å². The number of aliphatic imine (C=N–C) groups is 1. The van der Waals surface area contributed by atoms with Gasteiger partial charge in [-0.2, -0.15) is 0 Å². The molecule has 1 aliphatic rings. The highest BCUT2D eigenvalue weighted by Crippen LogP contribution is 2.18. The summed E-state index contributed by atoms with van der Waals surface area (Å²) in [6.07, 6.45) is 0.911. The number of hydrogen-bond donors (Lipinski definition) is 1. The number of guanidine groups is 1. The number of fused-ring (bicyclic) bond motifs is 1. The number of hydrogen-bond acceptors (Lipinski definition) is 3. The summed E-state index contributed by atoms with van der Waals surface area (Å²) in [5.41, 5.74) is 3.72. The fourth-order valence-electron chi connectivity index (χ4n) is 3.44. The second-order valence-electron chi connectivity index (χ2n) is 6.94. The Bertz CT molecular complexity index is 839. The lowest BCUT2D eigenvalue weighted by atomic mass is 10.00. The number of nitrogens with zero attached hydrogens (tertiary/aromatic N) is 3. The third-order valence-corrected chi connectivity index (χ3v) is 5.03. The molecule has 1 heterocycles. The minimum absolute atomic E-state index is 0. The molecule has 156 valence electrons. The van der Waals surface area contributed by atoms with E-state index in [0.717, 1.165) is 24.3 Å². The summed E-state index contributed by atoms with van der Waals surface area (Å²) in [4.78, 5) is 20.9. The fraction of sp³-hybridized carbons (Fsp3) is 0.364. The molecule has 3 rings (SSSR count). The highest BCUT2D eigenvalue weighted by Gasteiger charge is 2.20. The van der Waals surface area contributed by atoms with E-state index in [2.05, 4.69) is 28.5 Å². The largest absolute Gasteiger partial charge is 0.497 e. The Labute approximate surface area is 190 Å². The Morgan fingerprint density at radius 1 is 1.17 bits per heavy atom. The fourth-order valence-corrected chi connectivity index (χ4v) is 3.44. The predicted molar refractivity (Wildman–Crippen MR) is 127 cm³/mol. The summed E-state index contributed by atoms with van der Waals surface area (Å²) in [6, 6.07) is 16.3. The zero-order valence-electron chi connectivity index (χ0n) is 17.2. The second-order valence-corrected chi connectivity index (χ2v) is 6.94. The summed E-state index contributed by atoms with van der Waals surface area (Å²) >= 11 is 0. The molecule has 0 atom stereocenters. The lowest BCUT2D eigenvalue weighted by Crippen LogP contribution is -2.46. The van der Waals surface area contributed by atoms with Crippen LogP contribution in [0.2, 0.25) is 0 Å². The van der Waals surface area contributed by atoms with E-state index >= 15 is 0 Å². The molecule has 0 saturated heterocycles. The van der Waals surface area contributed by atoms with E-state index in [0.29, 0.717) is 19.0 Å². The Morgan fingerprint density at radius 3 is 2.52 bits per heavy atom. The molecule has 0 fully saturated rings. The van der Waals surface area contributed by atoms with Crippen LogP contribution in [-0.2, 0) is 24.3 Å². The summed E-state index contributed by atoms with van der Waals surface area (Å²) < 4.78 is 5.20. The van der Waals surface area contributed by atoms with E-state index in [1.54, 1.807) is 14.2 Å². The van der Waals surface area contributed by atoms with Crippen LogP contribution in [0.5, 0.6) is 5.75 Å². The molecule has 0 unspecified atom stereocenters. The number of ether oxygens (including phenoxy) is 1. The first kappa shape index (κ1) is 23.0. The van der Waals surface area contributed by atoms with E-state index in [1.807, 2.05) is 47.2 Å². The minimum Gasteiger partial charge on any atom is -0.497 e. The van der Waals surface area contributed by atoms with Crippen LogP contribution < -0.4 is 10.1 Å². The van der Waals surface area contributed by atoms with Crippen LogP contribution in [0.1, 0.15) is 16.7 Å². The lowest BCUT2D eigenvalue weighted by Gasteiger charge is -2.29. The molecular weight excluding hydrogens is 479 g/mol. The van der Waals surface area contributed by atoms with Crippen LogP contribution in [0, 0.1) is 0 Å². The first-order valence-corrected chi connectivity index (χ1v) is 9.50. The van der Waals surface area contributed by atoms with E-state index in [9.17, 15) is 4.79 Å². The van der Waals surface area contributed by atoms with E-state index in [-0.39, 0.29) is 36.4 Å². The Morgan fingerprint density at radius 2 is 1.86 bits per heavy atom. The maximum absolute atomic E-state index is 12.7. The van der Waals surface area contributed by atoms with E-state index in [4.69, 9.17) is 4.74 Å². The summed E-state index contributed by atoms with van der Waals surface area (Å²) in [7, 11) is 5.35. The molecule has 0 saturated carbocycles. The van der Waals surface area contributed by atoms with Crippen molar-refractivity contribution in [2.24, 2.45) is 4.99 Å². The molecule has 0 aromatic heterocycles. The van der Waals surface area contributed by atoms with Gasteiger partial charge in [0.15, 0.2) is 5.96 Å². The smallest absolute Gasteiger partial charge is 0.242 e. The van der Waals surface area contributed by atoms with Gasteiger partial charge in [-0.3, -0.25) is 9.79 Å². The van der Waals surface area contributed by atoms with Crippen LogP contribution in [0.4, 0.5) is 0 Å². The van der Waals surface area contributed by atoms with Gasteiger partial charge in [-0.25, -0.2) is 0 Å². The van der Waals surface area contributed by atoms with E-state index < -0.39 is 0 Å². The third-order valence-electron chi connectivity index (χ3n) is 5.03. The maximum atomic E-state index is 12.7. The first-order chi connectivity index (χ1) is 13.6. The number of nitrogens with one attached hydrogen (secondary N) is 1. The third kappa shape index (κ3) is 6.09. The van der Waals surface area contributed by atoms with Crippen molar-refractivity contribution in [2.45, 2.75) is 19.5 Å². The van der Waals surface area contributed by atoms with Crippen molar-refractivity contribution in [2.75, 3.05) is 34.3 Å². The van der Waals surface area contributed by atoms with Gasteiger partial charge in [0, 0.05) is 33.7 Å². The first-order valence-electron chi connectivity index (χ1n) is 9.50. The monoisotopic (exact) mass is 508 g/mol. The van der Waals surface area contributed by atoms with Gasteiger partial charge < -0.3 is 19.9 Å². The average molecular weight is 508 g/mol. The van der Waals surface area contributed by atoms with Gasteiger partial charge in [0.05, 0.1) is 13.7 Å². The molecule has 1 amide bonds. The van der Waals surface area contributed by atoms with Crippen molar-refractivity contribution < 1.29 is 9.53 Å². The summed E-state index contributed by atoms with van der Waals surface area (Å²) in [6.45, 7) is 2.37. The molecule has 29 heavy (non-hydrogen) atoms. The van der Waals surface area contributed by atoms with Gasteiger partial charge >= 0.3 is 0 Å². The molecule has 0 radical (unpaired) electrons. The van der Waals surface area contributed by atoms with Gasteiger partial charge in [-0.1, -0.05) is 36.4 Å². The number of halogens is 1. The zero-order valence-corrected chi connectivity index (χ0v) is 19.6. The quantitative estimate of drug-likeness (QED) is 0.384. The van der Waals surface area contributed by atoms with Gasteiger partial charge in [-0.05, 0) is 35.2 Å². The van der Waals surface area contributed by atoms with Crippen molar-refractivity contribution in [3.8, 4) is 5.75 Å². The predicted octanol–water partition coefficient (Wildman–Crippen LogP) is 2.91. The number of carbonyl (C=O) groups excluding carboxylic acids is 1. The van der Waals surface area contributed by atoms with Crippen LogP contribution in [0.3, 0.4) is 0 Å². The average Bonchev–Trinajstić information content (AvgIpc) is 2.74. The Balaban J connectivity index is 0.00000300. The van der Waals surface area contributed by atoms with Crippen molar-refractivity contribution in [3.63, 3.8) is 0 Å². The van der Waals surface area contributed by atoms with Gasteiger partial charge in [0.1, 0.15) is 5.75 Å². The van der Waals surface area contributed by atoms with Crippen LogP contribution >= 0.6 is 24.0 Å². The molecular formula is C22H29IN4O2. The SMILES string of the molecule is CN=C(NCC(=O)N1CCc2ccccc2C1)N(C)Cc1ccc(OC)cc1.I. The highest BCUT2D eigenvalue weighted by molar-refractivity contribution is 14.0. The molecule has 7 heteroatoms. The summed E-state index contributed by atoms with van der Waals surface area (Å²) in [5.74, 6) is 1.62. The Kier molecular flexibility index (Phi) is 8.75. The van der Waals surface area contributed by atoms with Crippen LogP contribution in [0.15, 0.2) is 53.5 Å². The molecule has 1 N–H and O–H groups in total. The molecule has 0 spiro atoms. The molecule has 0 aliphatic carbocycles. The van der Waals surface area contributed by atoms with Crippen molar-refractivity contribution in [1.29, 1.82) is 0 Å². The van der Waals surface area contributed by atoms with Gasteiger partial charge in [0.2, 0.25) is 5.91 Å². The number of benzene rings is 2. The minimum atomic E-state index is 0. The number of methoxy groups -OCH3 is 1. The van der Waals surface area contributed by atoms with Gasteiger partial charge in [-0.15, -0.1) is 24.0 Å². The maximum Gasteiger partial charge on any atom is 0.242 e. The van der Waals surface area contributed by atoms with Crippen molar-refractivity contribution >= 4 is 35.8 Å². The lowest BCUT2D eigenvalue weighted by molar-refractivity contribution is -0.130. The summed E-state index contributed by atoms with van der Waals surface area (Å²) in [5, 5.41) is 3.19. The number of carbonyl (C=O) groups is 1. The highest BCUT2D eigenvalue weighted by atomic mass is 127. The molecule has 0 bridgehead atoms. The molecule has 6 nitrogen and oxygen atoms in total. The van der Waals surface area contributed by atoms with Crippen molar-refractivity contribution in [3.05, 3.63) is 65.2 Å². The van der Waals surface area contributed by atoms with Gasteiger partial charge in [0.25, 0.3) is 0 Å². The Hall–Kier alpha value is -2.29. The standard InChI is InChI=1S/C22H28N4O2.HI/c1-23-22(25(2)15-17-8-10-20(28-3)11-9-17)24-14-21(27)26-13-12-18-6-4-5-7-19(18)16-26;/h4-11H,12-16H2,1-3H3,(H,23,24);1H.